The standard InChI is InChI=1S/C10H9ClF3NOS/c11-8-3-1-2-7(6-8)9(16)15-4-5-17-10(12,13)14/h1-3,6H,4-5H2,(H,15,16). The lowest BCUT2D eigenvalue weighted by Crippen LogP contribution is -2.26. The monoisotopic (exact) mass is 283 g/mol. The first-order chi connectivity index (χ1) is 7.88. The number of thioether (sulfide) groups is 1. The molecule has 1 N–H and O–H groups in total. The lowest BCUT2D eigenvalue weighted by molar-refractivity contribution is -0.0327. The van der Waals surface area contributed by atoms with Crippen molar-refractivity contribution < 1.29 is 18.0 Å². The molecule has 7 heteroatoms. The number of alkyl halides is 3. The van der Waals surface area contributed by atoms with E-state index in [2.05, 4.69) is 5.32 Å². The molecule has 0 saturated heterocycles. The summed E-state index contributed by atoms with van der Waals surface area (Å²) in [5.41, 5.74) is -3.93. The Hall–Kier alpha value is -0.880. The van der Waals surface area contributed by atoms with Gasteiger partial charge in [0.15, 0.2) is 0 Å². The average molecular weight is 284 g/mol. The van der Waals surface area contributed by atoms with Crippen molar-refractivity contribution in [2.45, 2.75) is 5.51 Å². The molecular weight excluding hydrogens is 275 g/mol. The number of nitrogens with one attached hydrogen (secondary N) is 1. The summed E-state index contributed by atoms with van der Waals surface area (Å²) in [4.78, 5) is 11.5. The minimum atomic E-state index is -4.26. The molecule has 94 valence electrons. The largest absolute Gasteiger partial charge is 0.441 e. The van der Waals surface area contributed by atoms with E-state index in [1.807, 2.05) is 0 Å². The predicted molar refractivity (Wildman–Crippen MR) is 62.3 cm³/mol. The van der Waals surface area contributed by atoms with E-state index in [4.69, 9.17) is 11.6 Å². The van der Waals surface area contributed by atoms with Gasteiger partial charge in [0, 0.05) is 22.9 Å². The zero-order valence-corrected chi connectivity index (χ0v) is 10.1. The smallest absolute Gasteiger partial charge is 0.351 e. The number of hydrogen-bond donors (Lipinski definition) is 1. The van der Waals surface area contributed by atoms with Crippen LogP contribution in [0.3, 0.4) is 0 Å². The highest BCUT2D eigenvalue weighted by Gasteiger charge is 2.27. The van der Waals surface area contributed by atoms with Crippen molar-refractivity contribution >= 4 is 29.3 Å². The van der Waals surface area contributed by atoms with Gasteiger partial charge in [0.1, 0.15) is 0 Å². The van der Waals surface area contributed by atoms with Gasteiger partial charge in [0.2, 0.25) is 0 Å². The Bertz CT molecular complexity index is 397. The van der Waals surface area contributed by atoms with Gasteiger partial charge in [0.05, 0.1) is 0 Å². The van der Waals surface area contributed by atoms with Gasteiger partial charge in [-0.15, -0.1) is 0 Å². The fraction of sp³-hybridized carbons (Fsp3) is 0.300. The molecule has 1 rings (SSSR count). The Labute approximate surface area is 106 Å². The van der Waals surface area contributed by atoms with Crippen molar-refractivity contribution in [2.75, 3.05) is 12.3 Å². The molecule has 0 radical (unpaired) electrons. The van der Waals surface area contributed by atoms with Crippen molar-refractivity contribution in [2.24, 2.45) is 0 Å². The molecule has 2 nitrogen and oxygen atoms in total. The third-order valence-electron chi connectivity index (χ3n) is 1.74. The highest BCUT2D eigenvalue weighted by Crippen LogP contribution is 2.29. The van der Waals surface area contributed by atoms with Crippen LogP contribution in [0.1, 0.15) is 10.4 Å². The molecule has 1 aromatic rings. The fourth-order valence-electron chi connectivity index (χ4n) is 1.06. The van der Waals surface area contributed by atoms with Gasteiger partial charge >= 0.3 is 5.51 Å². The first-order valence-corrected chi connectivity index (χ1v) is 5.99. The van der Waals surface area contributed by atoms with Gasteiger partial charge in [0.25, 0.3) is 5.91 Å². The van der Waals surface area contributed by atoms with Crippen molar-refractivity contribution in [3.63, 3.8) is 0 Å². The molecule has 17 heavy (non-hydrogen) atoms. The molecule has 1 amide bonds. The lowest BCUT2D eigenvalue weighted by atomic mass is 10.2. The lowest BCUT2D eigenvalue weighted by Gasteiger charge is -2.07. The summed E-state index contributed by atoms with van der Waals surface area (Å²) < 4.78 is 35.4. The maximum atomic E-state index is 11.8. The molecule has 0 unspecified atom stereocenters. The van der Waals surface area contributed by atoms with Crippen LogP contribution in [-0.2, 0) is 0 Å². The number of amides is 1. The van der Waals surface area contributed by atoms with E-state index in [1.54, 1.807) is 12.1 Å². The molecule has 0 heterocycles. The summed E-state index contributed by atoms with van der Waals surface area (Å²) in [6, 6.07) is 6.20. The van der Waals surface area contributed by atoms with Crippen LogP contribution in [0.5, 0.6) is 0 Å². The summed E-state index contributed by atoms with van der Waals surface area (Å²) in [7, 11) is 0. The SMILES string of the molecule is O=C(NCCSC(F)(F)F)c1cccc(Cl)c1. The number of carbonyl (C=O) groups excluding carboxylic acids is 1. The molecule has 0 aliphatic heterocycles. The second-order valence-electron chi connectivity index (χ2n) is 3.06. The first-order valence-electron chi connectivity index (χ1n) is 4.63. The number of carbonyl (C=O) groups is 1. The van der Waals surface area contributed by atoms with Crippen LogP contribution in [0.25, 0.3) is 0 Å². The molecule has 0 aromatic heterocycles. The summed E-state index contributed by atoms with van der Waals surface area (Å²) in [6.45, 7) is -0.0461. The Morgan fingerprint density at radius 2 is 2.12 bits per heavy atom. The van der Waals surface area contributed by atoms with Crippen molar-refractivity contribution in [1.29, 1.82) is 0 Å². The van der Waals surface area contributed by atoms with E-state index in [0.717, 1.165) is 0 Å². The first kappa shape index (κ1) is 14.2. The molecule has 0 saturated carbocycles. The quantitative estimate of drug-likeness (QED) is 0.859. The number of hydrogen-bond acceptors (Lipinski definition) is 2. The maximum absolute atomic E-state index is 11.8. The Balaban J connectivity index is 2.36. The summed E-state index contributed by atoms with van der Waals surface area (Å²) in [6.07, 6.45) is 0. The van der Waals surface area contributed by atoms with Gasteiger partial charge in [-0.2, -0.15) is 13.2 Å². The van der Waals surface area contributed by atoms with E-state index in [0.29, 0.717) is 10.6 Å². The Kier molecular flexibility index (Phi) is 5.14. The van der Waals surface area contributed by atoms with Crippen LogP contribution >= 0.6 is 23.4 Å². The second-order valence-corrected chi connectivity index (χ2v) is 4.66. The molecule has 0 spiro atoms. The number of rotatable bonds is 4. The molecule has 0 fully saturated rings. The van der Waals surface area contributed by atoms with Crippen molar-refractivity contribution in [3.8, 4) is 0 Å². The zero-order valence-electron chi connectivity index (χ0n) is 8.55. The van der Waals surface area contributed by atoms with Crippen LogP contribution in [0.2, 0.25) is 5.02 Å². The zero-order chi connectivity index (χ0) is 12.9. The number of halogens is 4. The van der Waals surface area contributed by atoms with Gasteiger partial charge in [-0.25, -0.2) is 0 Å². The van der Waals surface area contributed by atoms with Crippen LogP contribution in [0, 0.1) is 0 Å². The third kappa shape index (κ3) is 5.83. The molecular formula is C10H9ClF3NOS. The number of benzene rings is 1. The average Bonchev–Trinajstić information content (AvgIpc) is 2.23. The third-order valence-corrected chi connectivity index (χ3v) is 2.71. The summed E-state index contributed by atoms with van der Waals surface area (Å²) in [5, 5.41) is 2.79. The van der Waals surface area contributed by atoms with E-state index in [-0.39, 0.29) is 24.1 Å². The van der Waals surface area contributed by atoms with Crippen molar-refractivity contribution in [3.05, 3.63) is 34.9 Å². The molecule has 1 aromatic carbocycles. The summed E-state index contributed by atoms with van der Waals surface area (Å²) in [5.74, 6) is -0.647. The van der Waals surface area contributed by atoms with E-state index in [1.165, 1.54) is 12.1 Å². The maximum Gasteiger partial charge on any atom is 0.441 e. The second kappa shape index (κ2) is 6.16. The van der Waals surface area contributed by atoms with Crippen molar-refractivity contribution in [1.82, 2.24) is 5.32 Å². The summed E-state index contributed by atoms with van der Waals surface area (Å²) >= 11 is 5.51. The van der Waals surface area contributed by atoms with Gasteiger partial charge in [-0.3, -0.25) is 4.79 Å². The normalized spacial score (nSPS) is 11.3. The molecule has 0 aliphatic carbocycles. The minimum absolute atomic E-state index is 0.0461. The Morgan fingerprint density at radius 1 is 1.41 bits per heavy atom. The topological polar surface area (TPSA) is 29.1 Å². The van der Waals surface area contributed by atoms with Crippen LogP contribution in [0.4, 0.5) is 13.2 Å². The van der Waals surface area contributed by atoms with Crippen LogP contribution < -0.4 is 5.32 Å². The van der Waals surface area contributed by atoms with E-state index >= 15 is 0 Å². The van der Waals surface area contributed by atoms with E-state index < -0.39 is 11.4 Å². The van der Waals surface area contributed by atoms with Crippen LogP contribution in [-0.4, -0.2) is 23.7 Å². The Morgan fingerprint density at radius 3 is 2.71 bits per heavy atom. The molecule has 0 atom stereocenters. The molecule has 0 bridgehead atoms. The highest BCUT2D eigenvalue weighted by molar-refractivity contribution is 8.00. The van der Waals surface area contributed by atoms with Gasteiger partial charge < -0.3 is 5.32 Å². The van der Waals surface area contributed by atoms with Gasteiger partial charge in [-0.05, 0) is 30.0 Å². The van der Waals surface area contributed by atoms with Gasteiger partial charge in [-0.1, -0.05) is 17.7 Å². The fourth-order valence-corrected chi connectivity index (χ4v) is 1.69. The van der Waals surface area contributed by atoms with E-state index in [9.17, 15) is 18.0 Å². The molecule has 0 aliphatic rings. The minimum Gasteiger partial charge on any atom is -0.351 e. The van der Waals surface area contributed by atoms with Crippen LogP contribution in [0.15, 0.2) is 24.3 Å². The predicted octanol–water partition coefficient (Wildman–Crippen LogP) is 3.32. The highest BCUT2D eigenvalue weighted by atomic mass is 35.5.